The lowest BCUT2D eigenvalue weighted by molar-refractivity contribution is -0.111. The SMILES string of the molecule is C=C/C=C\C(=C/C)N=C(C)C(C)=O. The van der Waals surface area contributed by atoms with Gasteiger partial charge in [0.25, 0.3) is 0 Å². The third-order valence-electron chi connectivity index (χ3n) is 1.51. The van der Waals surface area contributed by atoms with Crippen LogP contribution in [0.4, 0.5) is 0 Å². The molecular formula is C11H15NO. The normalized spacial score (nSPS) is 13.5. The van der Waals surface area contributed by atoms with Crippen LogP contribution < -0.4 is 0 Å². The molecule has 0 fully saturated rings. The van der Waals surface area contributed by atoms with E-state index in [4.69, 9.17) is 0 Å². The van der Waals surface area contributed by atoms with Crippen LogP contribution in [0.5, 0.6) is 0 Å². The molecule has 0 aliphatic rings. The van der Waals surface area contributed by atoms with E-state index < -0.39 is 0 Å². The molecule has 0 saturated heterocycles. The van der Waals surface area contributed by atoms with Gasteiger partial charge in [-0.25, -0.2) is 0 Å². The second-order valence-corrected chi connectivity index (χ2v) is 2.56. The number of ketones is 1. The first-order chi connectivity index (χ1) is 6.11. The van der Waals surface area contributed by atoms with E-state index in [1.54, 1.807) is 25.2 Å². The molecular weight excluding hydrogens is 162 g/mol. The summed E-state index contributed by atoms with van der Waals surface area (Å²) in [5, 5.41) is 0. The molecule has 0 radical (unpaired) electrons. The summed E-state index contributed by atoms with van der Waals surface area (Å²) in [6.07, 6.45) is 7.10. The van der Waals surface area contributed by atoms with Crippen molar-refractivity contribution in [3.05, 3.63) is 36.6 Å². The van der Waals surface area contributed by atoms with Gasteiger partial charge in [-0.05, 0) is 19.9 Å². The standard InChI is InChI=1S/C11H15NO/c1-5-7-8-11(6-2)12-9(3)10(4)13/h5-8H,1H2,2-4H3/b8-7-,11-6+,12-9?. The Balaban J connectivity index is 4.64. The Morgan fingerprint density at radius 2 is 2.00 bits per heavy atom. The molecule has 2 heteroatoms. The molecule has 0 saturated carbocycles. The first-order valence-corrected chi connectivity index (χ1v) is 4.13. The minimum absolute atomic E-state index is 0.00801. The molecule has 0 N–H and O–H groups in total. The average Bonchev–Trinajstić information content (AvgIpc) is 2.11. The highest BCUT2D eigenvalue weighted by Crippen LogP contribution is 2.00. The fraction of sp³-hybridized carbons (Fsp3) is 0.273. The zero-order valence-electron chi connectivity index (χ0n) is 8.37. The molecule has 0 aromatic carbocycles. The number of Topliss-reactive ketones (excluding diaryl/α,β-unsaturated/α-hetero) is 1. The number of rotatable bonds is 4. The van der Waals surface area contributed by atoms with E-state index in [2.05, 4.69) is 11.6 Å². The van der Waals surface area contributed by atoms with Gasteiger partial charge in [-0.1, -0.05) is 24.8 Å². The van der Waals surface area contributed by atoms with Gasteiger partial charge in [-0.2, -0.15) is 0 Å². The van der Waals surface area contributed by atoms with E-state index in [1.807, 2.05) is 13.0 Å². The van der Waals surface area contributed by atoms with Crippen LogP contribution >= 0.6 is 0 Å². The predicted molar refractivity (Wildman–Crippen MR) is 56.9 cm³/mol. The molecule has 0 aromatic heterocycles. The van der Waals surface area contributed by atoms with Gasteiger partial charge in [0.05, 0.1) is 11.4 Å². The molecule has 0 aromatic rings. The van der Waals surface area contributed by atoms with E-state index in [1.165, 1.54) is 6.92 Å². The number of hydrogen-bond donors (Lipinski definition) is 0. The van der Waals surface area contributed by atoms with E-state index >= 15 is 0 Å². The maximum absolute atomic E-state index is 10.9. The summed E-state index contributed by atoms with van der Waals surface area (Å²) < 4.78 is 0. The molecule has 0 heterocycles. The minimum Gasteiger partial charge on any atom is -0.293 e. The van der Waals surface area contributed by atoms with Crippen molar-refractivity contribution in [3.8, 4) is 0 Å². The number of aliphatic imine (C=N–C) groups is 1. The van der Waals surface area contributed by atoms with E-state index in [9.17, 15) is 4.79 Å². The fourth-order valence-corrected chi connectivity index (χ4v) is 0.637. The maximum atomic E-state index is 10.9. The summed E-state index contributed by atoms with van der Waals surface area (Å²) in [6, 6.07) is 0. The molecule has 13 heavy (non-hydrogen) atoms. The zero-order chi connectivity index (χ0) is 10.3. The van der Waals surface area contributed by atoms with Crippen LogP contribution in [0.15, 0.2) is 41.6 Å². The molecule has 0 rings (SSSR count). The molecule has 0 bridgehead atoms. The molecule has 0 unspecified atom stereocenters. The number of allylic oxidation sites excluding steroid dienone is 4. The van der Waals surface area contributed by atoms with Crippen LogP contribution in [-0.4, -0.2) is 11.5 Å². The Labute approximate surface area is 79.4 Å². The van der Waals surface area contributed by atoms with Crippen LogP contribution in [-0.2, 0) is 4.79 Å². The lowest BCUT2D eigenvalue weighted by Crippen LogP contribution is -2.04. The van der Waals surface area contributed by atoms with E-state index in [-0.39, 0.29) is 5.78 Å². The van der Waals surface area contributed by atoms with Gasteiger partial charge in [-0.15, -0.1) is 0 Å². The first kappa shape index (κ1) is 11.6. The van der Waals surface area contributed by atoms with Crippen LogP contribution in [0.1, 0.15) is 20.8 Å². The monoisotopic (exact) mass is 177 g/mol. The van der Waals surface area contributed by atoms with Crippen molar-refractivity contribution >= 4 is 11.5 Å². The van der Waals surface area contributed by atoms with Gasteiger partial charge < -0.3 is 0 Å². The Morgan fingerprint density at radius 1 is 1.38 bits per heavy atom. The first-order valence-electron chi connectivity index (χ1n) is 4.13. The molecule has 2 nitrogen and oxygen atoms in total. The average molecular weight is 177 g/mol. The van der Waals surface area contributed by atoms with Crippen molar-refractivity contribution in [2.24, 2.45) is 4.99 Å². The summed E-state index contributed by atoms with van der Waals surface area (Å²) in [7, 11) is 0. The van der Waals surface area contributed by atoms with E-state index in [0.717, 1.165) is 5.70 Å². The predicted octanol–water partition coefficient (Wildman–Crippen LogP) is 2.68. The van der Waals surface area contributed by atoms with Gasteiger partial charge in [-0.3, -0.25) is 9.79 Å². The van der Waals surface area contributed by atoms with Crippen molar-refractivity contribution in [1.29, 1.82) is 0 Å². The summed E-state index contributed by atoms with van der Waals surface area (Å²) in [4.78, 5) is 15.0. The lowest BCUT2D eigenvalue weighted by atomic mass is 10.3. The summed E-state index contributed by atoms with van der Waals surface area (Å²) in [5.74, 6) is -0.00801. The van der Waals surface area contributed by atoms with Crippen molar-refractivity contribution in [2.45, 2.75) is 20.8 Å². The zero-order valence-corrected chi connectivity index (χ0v) is 8.37. The van der Waals surface area contributed by atoms with Crippen molar-refractivity contribution in [3.63, 3.8) is 0 Å². The van der Waals surface area contributed by atoms with Crippen LogP contribution in [0.3, 0.4) is 0 Å². The molecule has 70 valence electrons. The molecule has 0 spiro atoms. The summed E-state index contributed by atoms with van der Waals surface area (Å²) >= 11 is 0. The Hall–Kier alpha value is -1.44. The molecule has 0 atom stereocenters. The second-order valence-electron chi connectivity index (χ2n) is 2.56. The number of carbonyl (C=O) groups is 1. The quantitative estimate of drug-likeness (QED) is 0.479. The van der Waals surface area contributed by atoms with Crippen LogP contribution in [0.25, 0.3) is 0 Å². The van der Waals surface area contributed by atoms with Gasteiger partial charge in [0.15, 0.2) is 5.78 Å². The van der Waals surface area contributed by atoms with Gasteiger partial charge in [0, 0.05) is 6.92 Å². The maximum Gasteiger partial charge on any atom is 0.173 e. The van der Waals surface area contributed by atoms with Crippen molar-refractivity contribution < 1.29 is 4.79 Å². The number of carbonyl (C=O) groups excluding carboxylic acids is 1. The highest BCUT2D eigenvalue weighted by molar-refractivity contribution is 6.38. The topological polar surface area (TPSA) is 29.4 Å². The lowest BCUT2D eigenvalue weighted by Gasteiger charge is -1.95. The minimum atomic E-state index is -0.00801. The molecule has 0 aliphatic carbocycles. The van der Waals surface area contributed by atoms with Gasteiger partial charge in [0.2, 0.25) is 0 Å². The largest absolute Gasteiger partial charge is 0.293 e. The second kappa shape index (κ2) is 6.12. The van der Waals surface area contributed by atoms with E-state index in [0.29, 0.717) is 5.71 Å². The highest BCUT2D eigenvalue weighted by Gasteiger charge is 1.97. The number of hydrogen-bond acceptors (Lipinski definition) is 2. The van der Waals surface area contributed by atoms with Crippen LogP contribution in [0, 0.1) is 0 Å². The fourth-order valence-electron chi connectivity index (χ4n) is 0.637. The van der Waals surface area contributed by atoms with Gasteiger partial charge in [0.1, 0.15) is 0 Å². The van der Waals surface area contributed by atoms with Crippen LogP contribution in [0.2, 0.25) is 0 Å². The Kier molecular flexibility index (Phi) is 5.44. The van der Waals surface area contributed by atoms with Crippen molar-refractivity contribution in [1.82, 2.24) is 0 Å². The third-order valence-corrected chi connectivity index (χ3v) is 1.51. The van der Waals surface area contributed by atoms with Crippen molar-refractivity contribution in [2.75, 3.05) is 0 Å². The summed E-state index contributed by atoms with van der Waals surface area (Å²) in [5.41, 5.74) is 1.29. The number of nitrogens with zero attached hydrogens (tertiary/aromatic N) is 1. The summed E-state index contributed by atoms with van der Waals surface area (Å²) in [6.45, 7) is 8.63. The molecule has 0 amide bonds. The smallest absolute Gasteiger partial charge is 0.173 e. The third kappa shape index (κ3) is 4.90. The molecule has 0 aliphatic heterocycles. The highest BCUT2D eigenvalue weighted by atomic mass is 16.1. The Morgan fingerprint density at radius 3 is 2.38 bits per heavy atom. The van der Waals surface area contributed by atoms with Gasteiger partial charge >= 0.3 is 0 Å². The Bertz CT molecular complexity index is 282.